The maximum Gasteiger partial charge on any atom is 0.184 e. The molecule has 1 fully saturated rings. The lowest BCUT2D eigenvalue weighted by Crippen LogP contribution is -2.43. The first kappa shape index (κ1) is 23.9. The predicted molar refractivity (Wildman–Crippen MR) is 149 cm³/mol. The summed E-state index contributed by atoms with van der Waals surface area (Å²) in [5.41, 5.74) is 3.64. The number of thiophene rings is 1. The lowest BCUT2D eigenvalue weighted by molar-refractivity contribution is 0.152. The Morgan fingerprint density at radius 1 is 0.971 bits per heavy atom. The molecule has 182 valence electrons. The lowest BCUT2D eigenvalue weighted by atomic mass is 9.98. The molecular weight excluding hydrogens is 450 g/mol. The predicted octanol–water partition coefficient (Wildman–Crippen LogP) is 6.78. The van der Waals surface area contributed by atoms with Crippen LogP contribution in [0, 0.1) is 6.92 Å². The van der Waals surface area contributed by atoms with Gasteiger partial charge in [0.15, 0.2) is 5.06 Å². The Kier molecular flexibility index (Phi) is 6.83. The Balaban J connectivity index is 1.34. The molecule has 1 saturated heterocycles. The van der Waals surface area contributed by atoms with Gasteiger partial charge in [0.2, 0.25) is 0 Å². The number of anilines is 1. The maximum absolute atomic E-state index is 6.43. The summed E-state index contributed by atoms with van der Waals surface area (Å²) in [5, 5.41) is 7.02. The number of nitrogens with one attached hydrogen (secondary N) is 1. The quantitative estimate of drug-likeness (QED) is 0.312. The standard InChI is InChI=1S/C30H35N3OS/c1-22-19-28(30(2,3)32(4)21-24-11-7-10-23-9-5-6-14-27(23)24)35-29(22)34-26-13-8-12-25(20-26)33-17-15-31-16-18-33/h5-14,19-20,31H,15-18,21H2,1-4H3. The second kappa shape index (κ2) is 10.0. The van der Waals surface area contributed by atoms with E-state index in [1.54, 1.807) is 11.3 Å². The van der Waals surface area contributed by atoms with Crippen LogP contribution in [-0.4, -0.2) is 38.1 Å². The number of rotatable bonds is 7. The van der Waals surface area contributed by atoms with Crippen LogP contribution in [-0.2, 0) is 12.1 Å². The summed E-state index contributed by atoms with van der Waals surface area (Å²) < 4.78 is 6.43. The molecule has 5 heteroatoms. The third kappa shape index (κ3) is 5.08. The molecule has 4 nitrogen and oxygen atoms in total. The minimum Gasteiger partial charge on any atom is -0.446 e. The summed E-state index contributed by atoms with van der Waals surface area (Å²) >= 11 is 1.76. The van der Waals surface area contributed by atoms with Gasteiger partial charge >= 0.3 is 0 Å². The number of piperazine rings is 1. The van der Waals surface area contributed by atoms with Crippen molar-refractivity contribution in [3.63, 3.8) is 0 Å². The second-order valence-corrected chi connectivity index (χ2v) is 11.0. The second-order valence-electron chi connectivity index (χ2n) is 9.97. The van der Waals surface area contributed by atoms with Crippen molar-refractivity contribution in [3.8, 4) is 10.8 Å². The van der Waals surface area contributed by atoms with Gasteiger partial charge in [-0.05, 0) is 62.4 Å². The van der Waals surface area contributed by atoms with Gasteiger partial charge in [-0.1, -0.05) is 48.5 Å². The van der Waals surface area contributed by atoms with Crippen molar-refractivity contribution in [2.45, 2.75) is 32.9 Å². The Morgan fingerprint density at radius 3 is 2.54 bits per heavy atom. The summed E-state index contributed by atoms with van der Waals surface area (Å²) in [4.78, 5) is 6.17. The number of aryl methyl sites for hydroxylation is 1. The average molecular weight is 486 g/mol. The molecular formula is C30H35N3OS. The molecule has 1 aromatic heterocycles. The molecule has 1 aliphatic rings. The first-order chi connectivity index (χ1) is 16.9. The molecule has 35 heavy (non-hydrogen) atoms. The van der Waals surface area contributed by atoms with Crippen molar-refractivity contribution < 1.29 is 4.74 Å². The highest BCUT2D eigenvalue weighted by Gasteiger charge is 2.29. The third-order valence-corrected chi connectivity index (χ3v) is 8.66. The Bertz CT molecular complexity index is 1300. The maximum atomic E-state index is 6.43. The molecule has 0 saturated carbocycles. The molecule has 0 bridgehead atoms. The molecule has 0 spiro atoms. The van der Waals surface area contributed by atoms with E-state index >= 15 is 0 Å². The Hall–Kier alpha value is -2.86. The van der Waals surface area contributed by atoms with E-state index in [0.717, 1.165) is 43.5 Å². The minimum absolute atomic E-state index is 0.128. The van der Waals surface area contributed by atoms with E-state index in [0.29, 0.717) is 0 Å². The van der Waals surface area contributed by atoms with Crippen molar-refractivity contribution in [1.29, 1.82) is 0 Å². The molecule has 0 radical (unpaired) electrons. The molecule has 2 heterocycles. The van der Waals surface area contributed by atoms with E-state index < -0.39 is 0 Å². The molecule has 4 aromatic rings. The van der Waals surface area contributed by atoms with Crippen molar-refractivity contribution >= 4 is 27.8 Å². The van der Waals surface area contributed by atoms with Gasteiger partial charge in [-0.15, -0.1) is 11.3 Å². The first-order valence-corrected chi connectivity index (χ1v) is 13.3. The number of ether oxygens (including phenoxy) is 1. The summed E-state index contributed by atoms with van der Waals surface area (Å²) in [6.07, 6.45) is 0. The zero-order valence-corrected chi connectivity index (χ0v) is 22.0. The van der Waals surface area contributed by atoms with Crippen molar-refractivity contribution in [2.75, 3.05) is 38.1 Å². The zero-order chi connectivity index (χ0) is 24.4. The average Bonchev–Trinajstić information content (AvgIpc) is 3.25. The summed E-state index contributed by atoms with van der Waals surface area (Å²) in [7, 11) is 2.22. The smallest absolute Gasteiger partial charge is 0.184 e. The van der Waals surface area contributed by atoms with Crippen LogP contribution in [0.5, 0.6) is 10.8 Å². The van der Waals surface area contributed by atoms with E-state index in [1.165, 1.54) is 32.5 Å². The van der Waals surface area contributed by atoms with Gasteiger partial charge in [0.05, 0.1) is 0 Å². The van der Waals surface area contributed by atoms with Crippen LogP contribution in [0.15, 0.2) is 72.8 Å². The third-order valence-electron chi connectivity index (χ3n) is 7.23. The summed E-state index contributed by atoms with van der Waals surface area (Å²) in [6.45, 7) is 11.8. The van der Waals surface area contributed by atoms with Crippen molar-refractivity contribution in [3.05, 3.63) is 88.8 Å². The van der Waals surface area contributed by atoms with Gasteiger partial charge in [0, 0.05) is 60.5 Å². The van der Waals surface area contributed by atoms with Gasteiger partial charge in [0.25, 0.3) is 0 Å². The Morgan fingerprint density at radius 2 is 1.71 bits per heavy atom. The summed E-state index contributed by atoms with van der Waals surface area (Å²) in [5.74, 6) is 0.902. The number of hydrogen-bond acceptors (Lipinski definition) is 5. The monoisotopic (exact) mass is 485 g/mol. The van der Waals surface area contributed by atoms with Crippen molar-refractivity contribution in [1.82, 2.24) is 10.2 Å². The number of nitrogens with zero attached hydrogens (tertiary/aromatic N) is 2. The number of benzene rings is 3. The summed E-state index contributed by atoms with van der Waals surface area (Å²) in [6, 6.07) is 26.0. The van der Waals surface area contributed by atoms with E-state index in [1.807, 2.05) is 0 Å². The van der Waals surface area contributed by atoms with E-state index in [-0.39, 0.29) is 5.54 Å². The SMILES string of the molecule is Cc1cc(C(C)(C)N(C)Cc2cccc3ccccc23)sc1Oc1cccc(N2CCNCC2)c1. The van der Waals surface area contributed by atoms with E-state index in [2.05, 4.69) is 116 Å². The fraction of sp³-hybridized carbons (Fsp3) is 0.333. The molecule has 0 aliphatic carbocycles. The molecule has 0 atom stereocenters. The van der Waals surface area contributed by atoms with Crippen LogP contribution >= 0.6 is 11.3 Å². The highest BCUT2D eigenvalue weighted by molar-refractivity contribution is 7.14. The molecule has 0 amide bonds. The van der Waals surface area contributed by atoms with E-state index in [4.69, 9.17) is 4.74 Å². The minimum atomic E-state index is -0.128. The van der Waals surface area contributed by atoms with Crippen molar-refractivity contribution in [2.24, 2.45) is 0 Å². The highest BCUT2D eigenvalue weighted by Crippen LogP contribution is 2.41. The van der Waals surface area contributed by atoms with Crippen LogP contribution in [0.4, 0.5) is 5.69 Å². The molecule has 3 aromatic carbocycles. The van der Waals surface area contributed by atoms with Crippen LogP contribution in [0.25, 0.3) is 10.8 Å². The van der Waals surface area contributed by atoms with Gasteiger partial charge in [-0.25, -0.2) is 0 Å². The normalized spacial score (nSPS) is 14.6. The zero-order valence-electron chi connectivity index (χ0n) is 21.2. The van der Waals surface area contributed by atoms with Gasteiger partial charge in [-0.2, -0.15) is 0 Å². The number of hydrogen-bond donors (Lipinski definition) is 1. The van der Waals surface area contributed by atoms with Gasteiger partial charge in [-0.3, -0.25) is 4.90 Å². The van der Waals surface area contributed by atoms with Gasteiger partial charge < -0.3 is 15.0 Å². The fourth-order valence-electron chi connectivity index (χ4n) is 4.71. The Labute approximate surface area is 213 Å². The first-order valence-electron chi connectivity index (χ1n) is 12.4. The van der Waals surface area contributed by atoms with Crippen LogP contribution < -0.4 is 15.0 Å². The van der Waals surface area contributed by atoms with Gasteiger partial charge in [0.1, 0.15) is 5.75 Å². The lowest BCUT2D eigenvalue weighted by Gasteiger charge is -2.35. The van der Waals surface area contributed by atoms with Crippen LogP contribution in [0.2, 0.25) is 0 Å². The number of fused-ring (bicyclic) bond motifs is 1. The topological polar surface area (TPSA) is 27.7 Å². The highest BCUT2D eigenvalue weighted by atomic mass is 32.1. The molecule has 1 aliphatic heterocycles. The molecule has 5 rings (SSSR count). The fourth-order valence-corrected chi connectivity index (χ4v) is 5.91. The van der Waals surface area contributed by atoms with E-state index in [9.17, 15) is 0 Å². The molecule has 1 N–H and O–H groups in total. The molecule has 0 unspecified atom stereocenters. The van der Waals surface area contributed by atoms with Crippen LogP contribution in [0.3, 0.4) is 0 Å². The van der Waals surface area contributed by atoms with Crippen LogP contribution in [0.1, 0.15) is 29.9 Å². The largest absolute Gasteiger partial charge is 0.446 e.